The van der Waals surface area contributed by atoms with Crippen LogP contribution in [0.2, 0.25) is 0 Å². The predicted molar refractivity (Wildman–Crippen MR) is 64.8 cm³/mol. The minimum atomic E-state index is -0.432. The molecule has 0 saturated heterocycles. The number of aromatic nitrogens is 2. The van der Waals surface area contributed by atoms with Gasteiger partial charge in [0.15, 0.2) is 5.16 Å². The third-order valence-corrected chi connectivity index (χ3v) is 3.81. The summed E-state index contributed by atoms with van der Waals surface area (Å²) in [7, 11) is 0. The molecule has 0 unspecified atom stereocenters. The van der Waals surface area contributed by atoms with Crippen LogP contribution in [0.4, 0.5) is 0 Å². The van der Waals surface area contributed by atoms with Gasteiger partial charge < -0.3 is 10.7 Å². The molecule has 0 aliphatic carbocycles. The van der Waals surface area contributed by atoms with Gasteiger partial charge in [0.1, 0.15) is 4.83 Å². The highest BCUT2D eigenvalue weighted by Gasteiger charge is 2.13. The van der Waals surface area contributed by atoms with Crippen LogP contribution in [-0.4, -0.2) is 21.1 Å². The zero-order valence-electron chi connectivity index (χ0n) is 8.39. The summed E-state index contributed by atoms with van der Waals surface area (Å²) in [5, 5.41) is 2.38. The zero-order chi connectivity index (χ0) is 11.7. The van der Waals surface area contributed by atoms with Gasteiger partial charge in [-0.2, -0.15) is 0 Å². The minimum absolute atomic E-state index is 0.189. The van der Waals surface area contributed by atoms with Gasteiger partial charge in [0.25, 0.3) is 5.56 Å². The largest absolute Gasteiger partial charge is 0.369 e. The van der Waals surface area contributed by atoms with Gasteiger partial charge in [0.05, 0.1) is 10.6 Å². The SMILES string of the molecule is C[C@@H](Sc1nc2sccc2c(=O)[nH]1)C(N)=O. The van der Waals surface area contributed by atoms with E-state index in [1.807, 2.05) is 0 Å². The average Bonchev–Trinajstić information content (AvgIpc) is 2.65. The lowest BCUT2D eigenvalue weighted by atomic mass is 10.4. The third-order valence-electron chi connectivity index (χ3n) is 2.00. The Bertz CT molecular complexity index is 590. The molecule has 0 bridgehead atoms. The van der Waals surface area contributed by atoms with E-state index in [9.17, 15) is 9.59 Å². The fraction of sp³-hybridized carbons (Fsp3) is 0.222. The first-order chi connectivity index (χ1) is 7.58. The summed E-state index contributed by atoms with van der Waals surface area (Å²) in [6, 6.07) is 1.72. The first-order valence-electron chi connectivity index (χ1n) is 4.51. The van der Waals surface area contributed by atoms with Crippen LogP contribution in [0.25, 0.3) is 10.2 Å². The molecular formula is C9H9N3O2S2. The van der Waals surface area contributed by atoms with Crippen molar-refractivity contribution in [2.24, 2.45) is 5.73 Å². The Kier molecular flexibility index (Phi) is 2.97. The predicted octanol–water partition coefficient (Wildman–Crippen LogP) is 0.950. The normalized spacial score (nSPS) is 12.8. The number of carbonyl (C=O) groups excluding carboxylic acids is 1. The Morgan fingerprint density at radius 2 is 2.44 bits per heavy atom. The Hall–Kier alpha value is -1.34. The number of aromatic amines is 1. The number of fused-ring (bicyclic) bond motifs is 1. The number of hydrogen-bond acceptors (Lipinski definition) is 5. The lowest BCUT2D eigenvalue weighted by Gasteiger charge is -2.05. The number of carbonyl (C=O) groups is 1. The van der Waals surface area contributed by atoms with Crippen molar-refractivity contribution < 1.29 is 4.79 Å². The molecule has 2 aromatic heterocycles. The summed E-state index contributed by atoms with van der Waals surface area (Å²) in [4.78, 5) is 30.0. The van der Waals surface area contributed by atoms with E-state index in [0.717, 1.165) is 11.8 Å². The summed E-state index contributed by atoms with van der Waals surface area (Å²) in [6.07, 6.45) is 0. The van der Waals surface area contributed by atoms with Gasteiger partial charge in [0, 0.05) is 0 Å². The number of primary amides is 1. The summed E-state index contributed by atoms with van der Waals surface area (Å²) >= 11 is 2.54. The molecule has 2 aromatic rings. The van der Waals surface area contributed by atoms with E-state index < -0.39 is 11.2 Å². The van der Waals surface area contributed by atoms with E-state index in [0.29, 0.717) is 15.4 Å². The molecule has 7 heteroatoms. The topological polar surface area (TPSA) is 88.8 Å². The molecular weight excluding hydrogens is 246 g/mol. The Balaban J connectivity index is 2.39. The fourth-order valence-electron chi connectivity index (χ4n) is 1.13. The minimum Gasteiger partial charge on any atom is -0.369 e. The molecule has 1 atom stereocenters. The van der Waals surface area contributed by atoms with Crippen molar-refractivity contribution in [1.82, 2.24) is 9.97 Å². The van der Waals surface area contributed by atoms with E-state index in [2.05, 4.69) is 9.97 Å². The Morgan fingerprint density at radius 1 is 1.69 bits per heavy atom. The lowest BCUT2D eigenvalue weighted by molar-refractivity contribution is -0.117. The van der Waals surface area contributed by atoms with E-state index in [1.165, 1.54) is 11.3 Å². The van der Waals surface area contributed by atoms with Gasteiger partial charge in [-0.05, 0) is 18.4 Å². The number of rotatable bonds is 3. The van der Waals surface area contributed by atoms with Crippen molar-refractivity contribution in [3.63, 3.8) is 0 Å². The molecule has 1 amide bonds. The molecule has 0 saturated carbocycles. The first-order valence-corrected chi connectivity index (χ1v) is 6.27. The number of nitrogens with one attached hydrogen (secondary N) is 1. The maximum absolute atomic E-state index is 11.6. The molecule has 0 aliphatic rings. The highest BCUT2D eigenvalue weighted by molar-refractivity contribution is 8.00. The number of nitrogens with two attached hydrogens (primary N) is 1. The molecule has 0 spiro atoms. The molecule has 0 aliphatic heterocycles. The molecule has 0 fully saturated rings. The van der Waals surface area contributed by atoms with Crippen LogP contribution in [-0.2, 0) is 4.79 Å². The van der Waals surface area contributed by atoms with Gasteiger partial charge in [-0.15, -0.1) is 11.3 Å². The standard InChI is InChI=1S/C9H9N3O2S2/c1-4(6(10)13)16-9-11-7(14)5-2-3-15-8(5)12-9/h2-4H,1H3,(H2,10,13)(H,11,12,14)/t4-/m1/s1. The molecule has 0 radical (unpaired) electrons. The highest BCUT2D eigenvalue weighted by atomic mass is 32.2. The van der Waals surface area contributed by atoms with Gasteiger partial charge in [-0.25, -0.2) is 4.98 Å². The number of hydrogen-bond donors (Lipinski definition) is 2. The van der Waals surface area contributed by atoms with Gasteiger partial charge in [-0.3, -0.25) is 9.59 Å². The number of amides is 1. The lowest BCUT2D eigenvalue weighted by Crippen LogP contribution is -2.23. The highest BCUT2D eigenvalue weighted by Crippen LogP contribution is 2.21. The van der Waals surface area contributed by atoms with Crippen LogP contribution in [0.5, 0.6) is 0 Å². The molecule has 3 N–H and O–H groups in total. The van der Waals surface area contributed by atoms with Crippen LogP contribution < -0.4 is 11.3 Å². The monoisotopic (exact) mass is 255 g/mol. The van der Waals surface area contributed by atoms with Crippen LogP contribution >= 0.6 is 23.1 Å². The summed E-state index contributed by atoms with van der Waals surface area (Å²) in [5.74, 6) is -0.432. The maximum atomic E-state index is 11.6. The van der Waals surface area contributed by atoms with Crippen LogP contribution in [0.15, 0.2) is 21.4 Å². The van der Waals surface area contributed by atoms with E-state index in [4.69, 9.17) is 5.73 Å². The quantitative estimate of drug-likeness (QED) is 0.631. The molecule has 84 valence electrons. The van der Waals surface area contributed by atoms with Gasteiger partial charge >= 0.3 is 0 Å². The van der Waals surface area contributed by atoms with E-state index >= 15 is 0 Å². The Labute approximate surface area is 99.1 Å². The van der Waals surface area contributed by atoms with E-state index in [-0.39, 0.29) is 5.56 Å². The Morgan fingerprint density at radius 3 is 3.12 bits per heavy atom. The molecule has 0 aromatic carbocycles. The van der Waals surface area contributed by atoms with E-state index in [1.54, 1.807) is 18.4 Å². The van der Waals surface area contributed by atoms with Crippen molar-refractivity contribution in [3.8, 4) is 0 Å². The van der Waals surface area contributed by atoms with Gasteiger partial charge in [0.2, 0.25) is 5.91 Å². The number of thiophene rings is 1. The third kappa shape index (κ3) is 2.10. The second-order valence-electron chi connectivity index (χ2n) is 3.17. The van der Waals surface area contributed by atoms with Crippen LogP contribution in [0.1, 0.15) is 6.92 Å². The van der Waals surface area contributed by atoms with Crippen molar-refractivity contribution >= 4 is 39.2 Å². The molecule has 16 heavy (non-hydrogen) atoms. The van der Waals surface area contributed by atoms with Crippen molar-refractivity contribution in [2.45, 2.75) is 17.3 Å². The number of nitrogens with zero attached hydrogens (tertiary/aromatic N) is 1. The summed E-state index contributed by atoms with van der Waals surface area (Å²) in [5.41, 5.74) is 4.95. The van der Waals surface area contributed by atoms with Crippen molar-refractivity contribution in [1.29, 1.82) is 0 Å². The summed E-state index contributed by atoms with van der Waals surface area (Å²) in [6.45, 7) is 1.67. The second kappa shape index (κ2) is 4.26. The first kappa shape index (κ1) is 11.2. The fourth-order valence-corrected chi connectivity index (χ4v) is 2.70. The maximum Gasteiger partial charge on any atom is 0.260 e. The average molecular weight is 255 g/mol. The molecule has 2 heterocycles. The molecule has 5 nitrogen and oxygen atoms in total. The number of H-pyrrole nitrogens is 1. The smallest absolute Gasteiger partial charge is 0.260 e. The van der Waals surface area contributed by atoms with Crippen molar-refractivity contribution in [2.75, 3.05) is 0 Å². The zero-order valence-corrected chi connectivity index (χ0v) is 10.0. The second-order valence-corrected chi connectivity index (χ2v) is 5.40. The van der Waals surface area contributed by atoms with Crippen LogP contribution in [0.3, 0.4) is 0 Å². The van der Waals surface area contributed by atoms with Gasteiger partial charge in [-0.1, -0.05) is 11.8 Å². The summed E-state index contributed by atoms with van der Waals surface area (Å²) < 4.78 is 0. The molecule has 2 rings (SSSR count). The van der Waals surface area contributed by atoms with Crippen molar-refractivity contribution in [3.05, 3.63) is 21.8 Å². The number of thioether (sulfide) groups is 1. The van der Waals surface area contributed by atoms with Crippen LogP contribution in [0, 0.1) is 0 Å².